The minimum atomic E-state index is -0.735. The van der Waals surface area contributed by atoms with E-state index in [1.165, 1.54) is 38.6 Å². The van der Waals surface area contributed by atoms with E-state index in [0.29, 0.717) is 22.6 Å². The fourth-order valence-electron chi connectivity index (χ4n) is 3.70. The normalized spacial score (nSPS) is 15.9. The van der Waals surface area contributed by atoms with Crippen LogP contribution in [0.15, 0.2) is 76.8 Å². The number of amidine groups is 1. The highest BCUT2D eigenvalue weighted by atomic mass is 35.5. The molecule has 1 atom stereocenters. The summed E-state index contributed by atoms with van der Waals surface area (Å²) in [5, 5.41) is 16.2. The molecule has 3 aromatic carbocycles. The Bertz CT molecular complexity index is 1460. The van der Waals surface area contributed by atoms with Gasteiger partial charge < -0.3 is 19.3 Å². The molecule has 200 valence electrons. The van der Waals surface area contributed by atoms with Crippen LogP contribution in [0, 0.1) is 0 Å². The van der Waals surface area contributed by atoms with Gasteiger partial charge in [-0.15, -0.1) is 0 Å². The molecule has 0 bridgehead atoms. The highest BCUT2D eigenvalue weighted by Crippen LogP contribution is 2.33. The maximum atomic E-state index is 12.3. The topological polar surface area (TPSA) is 131 Å². The third kappa shape index (κ3) is 6.74. The van der Waals surface area contributed by atoms with Gasteiger partial charge in [-0.1, -0.05) is 54.1 Å². The first kappa shape index (κ1) is 27.2. The molecule has 4 rings (SSSR count). The SMILES string of the molecule is COc1cc(/C=N/NC(=O)c2ccc(O)c(Cl)c2)cc(/C=C/CN=C2NC(=O)C(c3ccccc3)O2)c1OC. The molecule has 0 saturated carbocycles. The molecule has 0 spiro atoms. The first-order chi connectivity index (χ1) is 18.9. The number of ether oxygens (including phenoxy) is 3. The molecule has 10 nitrogen and oxygen atoms in total. The number of aromatic hydroxyl groups is 1. The van der Waals surface area contributed by atoms with Gasteiger partial charge in [0, 0.05) is 16.7 Å². The lowest BCUT2D eigenvalue weighted by atomic mass is 10.1. The Morgan fingerprint density at radius 1 is 1.15 bits per heavy atom. The molecule has 0 aromatic heterocycles. The predicted octanol–water partition coefficient (Wildman–Crippen LogP) is 4.08. The third-order valence-electron chi connectivity index (χ3n) is 5.56. The van der Waals surface area contributed by atoms with Crippen molar-refractivity contribution in [2.75, 3.05) is 20.8 Å². The second kappa shape index (κ2) is 12.6. The molecule has 3 N–H and O–H groups in total. The van der Waals surface area contributed by atoms with E-state index in [9.17, 15) is 14.7 Å². The maximum absolute atomic E-state index is 12.3. The van der Waals surface area contributed by atoms with Gasteiger partial charge in [0.1, 0.15) is 5.75 Å². The van der Waals surface area contributed by atoms with Crippen LogP contribution in [0.3, 0.4) is 0 Å². The van der Waals surface area contributed by atoms with Crippen LogP contribution in [0.25, 0.3) is 6.08 Å². The smallest absolute Gasteiger partial charge is 0.292 e. The third-order valence-corrected chi connectivity index (χ3v) is 5.86. The number of carbonyl (C=O) groups is 2. The fourth-order valence-corrected chi connectivity index (χ4v) is 3.88. The zero-order valence-electron chi connectivity index (χ0n) is 21.1. The van der Waals surface area contributed by atoms with Gasteiger partial charge in [-0.2, -0.15) is 5.10 Å². The Balaban J connectivity index is 1.44. The Labute approximate surface area is 229 Å². The second-order valence-electron chi connectivity index (χ2n) is 8.16. The van der Waals surface area contributed by atoms with E-state index in [-0.39, 0.29) is 34.8 Å². The number of nitrogens with one attached hydrogen (secondary N) is 2. The monoisotopic (exact) mass is 548 g/mol. The van der Waals surface area contributed by atoms with Crippen molar-refractivity contribution in [3.05, 3.63) is 94.0 Å². The highest BCUT2D eigenvalue weighted by molar-refractivity contribution is 6.32. The lowest BCUT2D eigenvalue weighted by Crippen LogP contribution is -2.22. The average Bonchev–Trinajstić information content (AvgIpc) is 3.32. The van der Waals surface area contributed by atoms with Crippen LogP contribution >= 0.6 is 11.6 Å². The van der Waals surface area contributed by atoms with Crippen LogP contribution < -0.4 is 20.2 Å². The van der Waals surface area contributed by atoms with Crippen molar-refractivity contribution in [1.29, 1.82) is 0 Å². The maximum Gasteiger partial charge on any atom is 0.292 e. The van der Waals surface area contributed by atoms with Crippen LogP contribution in [-0.2, 0) is 9.53 Å². The number of hydrogen-bond donors (Lipinski definition) is 3. The van der Waals surface area contributed by atoms with Gasteiger partial charge in [0.25, 0.3) is 17.8 Å². The van der Waals surface area contributed by atoms with E-state index < -0.39 is 12.0 Å². The van der Waals surface area contributed by atoms with Crippen LogP contribution in [0.2, 0.25) is 5.02 Å². The predicted molar refractivity (Wildman–Crippen MR) is 147 cm³/mol. The Morgan fingerprint density at radius 3 is 2.67 bits per heavy atom. The lowest BCUT2D eigenvalue weighted by molar-refractivity contribution is -0.123. The number of phenols is 1. The fraction of sp³-hybridized carbons (Fsp3) is 0.143. The number of phenolic OH excluding ortho intramolecular Hbond substituents is 1. The summed E-state index contributed by atoms with van der Waals surface area (Å²) in [4.78, 5) is 28.9. The quantitative estimate of drug-likeness (QED) is 0.273. The summed E-state index contributed by atoms with van der Waals surface area (Å²) >= 11 is 5.86. The molecule has 2 amide bonds. The van der Waals surface area contributed by atoms with E-state index in [1.807, 2.05) is 30.3 Å². The van der Waals surface area contributed by atoms with E-state index >= 15 is 0 Å². The second-order valence-corrected chi connectivity index (χ2v) is 8.56. The standard InChI is InChI=1S/C28H25ClN4O6/c1-37-23-14-17(16-31-33-26(35)20-10-11-22(34)21(29)15-20)13-19(24(23)38-2)9-6-12-30-28-32-27(36)25(39-28)18-7-4-3-5-8-18/h3-11,13-16,25,34H,12H2,1-2H3,(H,33,35)(H,30,32,36)/b9-6+,31-16+. The van der Waals surface area contributed by atoms with Crippen molar-refractivity contribution in [2.45, 2.75) is 6.10 Å². The van der Waals surface area contributed by atoms with E-state index in [1.54, 1.807) is 24.3 Å². The van der Waals surface area contributed by atoms with Gasteiger partial charge in [0.15, 0.2) is 11.5 Å². The number of rotatable bonds is 9. The summed E-state index contributed by atoms with van der Waals surface area (Å²) in [5.74, 6) is 0.0643. The number of amides is 2. The molecule has 1 unspecified atom stereocenters. The molecule has 0 aliphatic carbocycles. The van der Waals surface area contributed by atoms with E-state index in [0.717, 1.165) is 5.56 Å². The van der Waals surface area contributed by atoms with Crippen molar-refractivity contribution in [1.82, 2.24) is 10.7 Å². The van der Waals surface area contributed by atoms with Gasteiger partial charge in [-0.25, -0.2) is 10.4 Å². The molecule has 0 radical (unpaired) electrons. The zero-order chi connectivity index (χ0) is 27.8. The zero-order valence-corrected chi connectivity index (χ0v) is 21.8. The Kier molecular flexibility index (Phi) is 8.80. The molecule has 39 heavy (non-hydrogen) atoms. The van der Waals surface area contributed by atoms with Gasteiger partial charge in [0.2, 0.25) is 6.10 Å². The summed E-state index contributed by atoms with van der Waals surface area (Å²) in [7, 11) is 3.04. The largest absolute Gasteiger partial charge is 0.506 e. The van der Waals surface area contributed by atoms with Crippen molar-refractivity contribution >= 4 is 41.7 Å². The summed E-state index contributed by atoms with van der Waals surface area (Å²) in [5.41, 5.74) is 4.70. The number of benzene rings is 3. The highest BCUT2D eigenvalue weighted by Gasteiger charge is 2.31. The van der Waals surface area contributed by atoms with Gasteiger partial charge in [-0.3, -0.25) is 14.9 Å². The van der Waals surface area contributed by atoms with Crippen LogP contribution in [0.5, 0.6) is 17.2 Å². The van der Waals surface area contributed by atoms with Crippen molar-refractivity contribution in [3.8, 4) is 17.2 Å². The number of hydrogen-bond acceptors (Lipinski definition) is 8. The van der Waals surface area contributed by atoms with Crippen LogP contribution in [-0.4, -0.2) is 49.9 Å². The Hall–Kier alpha value is -4.83. The molecule has 1 aliphatic heterocycles. The van der Waals surface area contributed by atoms with Crippen molar-refractivity contribution in [3.63, 3.8) is 0 Å². The molecule has 3 aromatic rings. The van der Waals surface area contributed by atoms with E-state index in [4.69, 9.17) is 25.8 Å². The van der Waals surface area contributed by atoms with Crippen LogP contribution in [0.1, 0.15) is 33.2 Å². The minimum Gasteiger partial charge on any atom is -0.506 e. The number of carbonyl (C=O) groups excluding carboxylic acids is 2. The molecule has 1 fully saturated rings. The molecule has 1 aliphatic rings. The summed E-state index contributed by atoms with van der Waals surface area (Å²) in [6.45, 7) is 0.228. The van der Waals surface area contributed by atoms with Gasteiger partial charge in [0.05, 0.1) is 32.0 Å². The summed E-state index contributed by atoms with van der Waals surface area (Å²) < 4.78 is 16.6. The first-order valence-corrected chi connectivity index (χ1v) is 12.1. The van der Waals surface area contributed by atoms with Crippen LogP contribution in [0.4, 0.5) is 0 Å². The first-order valence-electron chi connectivity index (χ1n) is 11.7. The van der Waals surface area contributed by atoms with Gasteiger partial charge in [-0.05, 0) is 35.9 Å². The lowest BCUT2D eigenvalue weighted by Gasteiger charge is -2.12. The molecular formula is C28H25ClN4O6. The van der Waals surface area contributed by atoms with E-state index in [2.05, 4.69) is 20.8 Å². The molecule has 1 heterocycles. The summed E-state index contributed by atoms with van der Waals surface area (Å²) in [6, 6.07) is 16.9. The van der Waals surface area contributed by atoms with Crippen molar-refractivity contribution in [2.24, 2.45) is 10.1 Å². The molecule has 11 heteroatoms. The minimum absolute atomic E-state index is 0.0611. The molecular weight excluding hydrogens is 524 g/mol. The average molecular weight is 549 g/mol. The number of halogens is 1. The number of hydrazone groups is 1. The molecule has 1 saturated heterocycles. The van der Waals surface area contributed by atoms with Gasteiger partial charge >= 0.3 is 0 Å². The number of methoxy groups -OCH3 is 2. The summed E-state index contributed by atoms with van der Waals surface area (Å²) in [6.07, 6.45) is 4.27. The van der Waals surface area contributed by atoms with Crippen molar-refractivity contribution < 1.29 is 28.9 Å². The number of nitrogens with zero attached hydrogens (tertiary/aromatic N) is 2. The Morgan fingerprint density at radius 2 is 1.95 bits per heavy atom. The number of aliphatic imine (C=N–C) groups is 1.